The van der Waals surface area contributed by atoms with Crippen molar-refractivity contribution in [2.24, 2.45) is 5.73 Å². The third-order valence-corrected chi connectivity index (χ3v) is 2.93. The van der Waals surface area contributed by atoms with Crippen LogP contribution in [0.15, 0.2) is 42.6 Å². The molecule has 0 saturated heterocycles. The molecule has 0 spiro atoms. The molecule has 1 heterocycles. The minimum Gasteiger partial charge on any atom is -0.347 e. The smallest absolute Gasteiger partial charge is 0.0473 e. The second-order valence-electron chi connectivity index (χ2n) is 4.44. The van der Waals surface area contributed by atoms with E-state index in [0.717, 1.165) is 18.0 Å². The molecule has 1 aromatic heterocycles. The van der Waals surface area contributed by atoms with Crippen molar-refractivity contribution in [1.29, 1.82) is 0 Å². The molecule has 3 heteroatoms. The zero-order valence-corrected chi connectivity index (χ0v) is 10.7. The summed E-state index contributed by atoms with van der Waals surface area (Å²) >= 11 is 5.98. The van der Waals surface area contributed by atoms with Crippen molar-refractivity contribution < 1.29 is 0 Å². The Balaban J connectivity index is 2.16. The van der Waals surface area contributed by atoms with E-state index in [1.54, 1.807) is 0 Å². The summed E-state index contributed by atoms with van der Waals surface area (Å²) in [7, 11) is 0. The van der Waals surface area contributed by atoms with Gasteiger partial charge in [-0.1, -0.05) is 23.7 Å². The molecule has 17 heavy (non-hydrogen) atoms. The van der Waals surface area contributed by atoms with E-state index in [2.05, 4.69) is 29.0 Å². The number of benzene rings is 1. The van der Waals surface area contributed by atoms with Crippen LogP contribution in [0.4, 0.5) is 0 Å². The molecule has 1 aromatic carbocycles. The zero-order valence-electron chi connectivity index (χ0n) is 9.94. The number of hydrogen-bond acceptors (Lipinski definition) is 1. The van der Waals surface area contributed by atoms with Gasteiger partial charge in [0.25, 0.3) is 0 Å². The van der Waals surface area contributed by atoms with E-state index >= 15 is 0 Å². The SMILES string of the molecule is CC(N)Cc1cccn1Cc1cccc(Cl)c1. The van der Waals surface area contributed by atoms with Gasteiger partial charge in [-0.05, 0) is 36.8 Å². The van der Waals surface area contributed by atoms with E-state index in [1.165, 1.54) is 11.3 Å². The average Bonchev–Trinajstić information content (AvgIpc) is 2.65. The molecule has 0 fully saturated rings. The molecule has 90 valence electrons. The van der Waals surface area contributed by atoms with Crippen LogP contribution >= 0.6 is 11.6 Å². The van der Waals surface area contributed by atoms with Crippen LogP contribution in [0.2, 0.25) is 5.02 Å². The van der Waals surface area contributed by atoms with Gasteiger partial charge in [-0.15, -0.1) is 0 Å². The number of aromatic nitrogens is 1. The van der Waals surface area contributed by atoms with Crippen LogP contribution < -0.4 is 5.73 Å². The fraction of sp³-hybridized carbons (Fsp3) is 0.286. The lowest BCUT2D eigenvalue weighted by atomic mass is 10.2. The van der Waals surface area contributed by atoms with Crippen molar-refractivity contribution in [1.82, 2.24) is 4.57 Å². The molecule has 2 rings (SSSR count). The molecule has 0 saturated carbocycles. The van der Waals surface area contributed by atoms with Gasteiger partial charge in [-0.25, -0.2) is 0 Å². The summed E-state index contributed by atoms with van der Waals surface area (Å²) in [6.07, 6.45) is 2.98. The second kappa shape index (κ2) is 5.39. The van der Waals surface area contributed by atoms with Crippen molar-refractivity contribution in [2.75, 3.05) is 0 Å². The first-order chi connectivity index (χ1) is 8.15. The van der Waals surface area contributed by atoms with Crippen LogP contribution in [0, 0.1) is 0 Å². The lowest BCUT2D eigenvalue weighted by molar-refractivity contribution is 0.666. The fourth-order valence-electron chi connectivity index (χ4n) is 1.95. The van der Waals surface area contributed by atoms with Crippen molar-refractivity contribution in [2.45, 2.75) is 25.9 Å². The first kappa shape index (κ1) is 12.2. The van der Waals surface area contributed by atoms with Crippen LogP contribution in [0.25, 0.3) is 0 Å². The van der Waals surface area contributed by atoms with Crippen molar-refractivity contribution in [3.8, 4) is 0 Å². The molecule has 0 aliphatic carbocycles. The molecular formula is C14H17ClN2. The second-order valence-corrected chi connectivity index (χ2v) is 4.88. The maximum Gasteiger partial charge on any atom is 0.0473 e. The summed E-state index contributed by atoms with van der Waals surface area (Å²) in [5.74, 6) is 0. The van der Waals surface area contributed by atoms with Gasteiger partial charge in [0.15, 0.2) is 0 Å². The van der Waals surface area contributed by atoms with Crippen LogP contribution in [0.1, 0.15) is 18.2 Å². The minimum absolute atomic E-state index is 0.183. The molecule has 2 N–H and O–H groups in total. The van der Waals surface area contributed by atoms with Gasteiger partial charge >= 0.3 is 0 Å². The van der Waals surface area contributed by atoms with Crippen LogP contribution in [0.5, 0.6) is 0 Å². The number of halogens is 1. The molecular weight excluding hydrogens is 232 g/mol. The predicted molar refractivity (Wildman–Crippen MR) is 72.3 cm³/mol. The first-order valence-corrected chi connectivity index (χ1v) is 6.17. The molecule has 0 bridgehead atoms. The Kier molecular flexibility index (Phi) is 3.87. The molecule has 2 aromatic rings. The van der Waals surface area contributed by atoms with Gasteiger partial charge in [-0.2, -0.15) is 0 Å². The third kappa shape index (κ3) is 3.35. The Hall–Kier alpha value is -1.25. The van der Waals surface area contributed by atoms with Crippen molar-refractivity contribution in [3.63, 3.8) is 0 Å². The number of hydrogen-bond donors (Lipinski definition) is 1. The lowest BCUT2D eigenvalue weighted by Gasteiger charge is -2.11. The number of nitrogens with two attached hydrogens (primary N) is 1. The lowest BCUT2D eigenvalue weighted by Crippen LogP contribution is -2.20. The highest BCUT2D eigenvalue weighted by molar-refractivity contribution is 6.30. The van der Waals surface area contributed by atoms with Crippen LogP contribution in [-0.4, -0.2) is 10.6 Å². The Bertz CT molecular complexity index is 488. The first-order valence-electron chi connectivity index (χ1n) is 5.79. The molecule has 0 aliphatic rings. The number of nitrogens with zero attached hydrogens (tertiary/aromatic N) is 1. The summed E-state index contributed by atoms with van der Waals surface area (Å²) in [5, 5.41) is 0.781. The molecule has 2 nitrogen and oxygen atoms in total. The Morgan fingerprint density at radius 1 is 1.29 bits per heavy atom. The van der Waals surface area contributed by atoms with Gasteiger partial charge in [0.2, 0.25) is 0 Å². The molecule has 1 atom stereocenters. The van der Waals surface area contributed by atoms with E-state index in [1.807, 2.05) is 25.1 Å². The van der Waals surface area contributed by atoms with Crippen molar-refractivity contribution >= 4 is 11.6 Å². The average molecular weight is 249 g/mol. The van der Waals surface area contributed by atoms with Gasteiger partial charge in [0.05, 0.1) is 0 Å². The van der Waals surface area contributed by atoms with Crippen LogP contribution in [0.3, 0.4) is 0 Å². The summed E-state index contributed by atoms with van der Waals surface area (Å²) in [4.78, 5) is 0. The molecule has 0 amide bonds. The van der Waals surface area contributed by atoms with Gasteiger partial charge in [0, 0.05) is 35.9 Å². The monoisotopic (exact) mass is 248 g/mol. The van der Waals surface area contributed by atoms with E-state index in [0.29, 0.717) is 0 Å². The van der Waals surface area contributed by atoms with E-state index in [4.69, 9.17) is 17.3 Å². The maximum absolute atomic E-state index is 5.98. The summed E-state index contributed by atoms with van der Waals surface area (Å²) in [5.41, 5.74) is 8.31. The quantitative estimate of drug-likeness (QED) is 0.886. The van der Waals surface area contributed by atoms with Crippen molar-refractivity contribution in [3.05, 3.63) is 58.9 Å². The van der Waals surface area contributed by atoms with E-state index < -0.39 is 0 Å². The maximum atomic E-state index is 5.98. The minimum atomic E-state index is 0.183. The zero-order chi connectivity index (χ0) is 12.3. The Morgan fingerprint density at radius 2 is 2.12 bits per heavy atom. The number of rotatable bonds is 4. The summed E-state index contributed by atoms with van der Waals surface area (Å²) in [6, 6.07) is 12.3. The standard InChI is InChI=1S/C14H17ClN2/c1-11(16)8-14-6-3-7-17(14)10-12-4-2-5-13(15)9-12/h2-7,9,11H,8,10,16H2,1H3. The largest absolute Gasteiger partial charge is 0.347 e. The summed E-state index contributed by atoms with van der Waals surface area (Å²) in [6.45, 7) is 2.87. The molecule has 1 unspecified atom stereocenters. The highest BCUT2D eigenvalue weighted by atomic mass is 35.5. The van der Waals surface area contributed by atoms with Gasteiger partial charge in [-0.3, -0.25) is 0 Å². The molecule has 0 aliphatic heterocycles. The van der Waals surface area contributed by atoms with Crippen LogP contribution in [-0.2, 0) is 13.0 Å². The third-order valence-electron chi connectivity index (χ3n) is 2.70. The van der Waals surface area contributed by atoms with Gasteiger partial charge in [0.1, 0.15) is 0 Å². The van der Waals surface area contributed by atoms with E-state index in [9.17, 15) is 0 Å². The fourth-order valence-corrected chi connectivity index (χ4v) is 2.16. The predicted octanol–water partition coefficient (Wildman–Crippen LogP) is 3.08. The topological polar surface area (TPSA) is 30.9 Å². The Morgan fingerprint density at radius 3 is 2.82 bits per heavy atom. The highest BCUT2D eigenvalue weighted by Gasteiger charge is 2.04. The normalized spacial score (nSPS) is 12.6. The highest BCUT2D eigenvalue weighted by Crippen LogP contribution is 2.14. The Labute approximate surface area is 107 Å². The summed E-state index contributed by atoms with van der Waals surface area (Å²) < 4.78 is 2.22. The van der Waals surface area contributed by atoms with Gasteiger partial charge < -0.3 is 10.3 Å². The van der Waals surface area contributed by atoms with E-state index in [-0.39, 0.29) is 6.04 Å². The molecule has 0 radical (unpaired) electrons.